The summed E-state index contributed by atoms with van der Waals surface area (Å²) in [5.41, 5.74) is 1.84. The van der Waals surface area contributed by atoms with Crippen LogP contribution in [0.5, 0.6) is 0 Å². The average Bonchev–Trinajstić information content (AvgIpc) is 2.55. The SMILES string of the molecule is CC(=O)N1CCN(CCNC(=O)c2cccc(CN(C)C)c2)CC1. The van der Waals surface area contributed by atoms with Crippen LogP contribution < -0.4 is 5.32 Å². The Hall–Kier alpha value is -1.92. The second kappa shape index (κ2) is 8.80. The van der Waals surface area contributed by atoms with E-state index in [0.717, 1.165) is 44.8 Å². The number of benzene rings is 1. The van der Waals surface area contributed by atoms with E-state index >= 15 is 0 Å². The lowest BCUT2D eigenvalue weighted by molar-refractivity contribution is -0.130. The van der Waals surface area contributed by atoms with Crippen molar-refractivity contribution in [1.82, 2.24) is 20.0 Å². The minimum atomic E-state index is -0.0296. The molecule has 0 atom stereocenters. The second-order valence-electron chi connectivity index (χ2n) is 6.54. The van der Waals surface area contributed by atoms with Gasteiger partial charge >= 0.3 is 0 Å². The first-order chi connectivity index (χ1) is 11.5. The quantitative estimate of drug-likeness (QED) is 0.831. The van der Waals surface area contributed by atoms with Crippen LogP contribution in [0.25, 0.3) is 0 Å². The topological polar surface area (TPSA) is 55.9 Å². The number of hydrogen-bond donors (Lipinski definition) is 1. The molecule has 6 nitrogen and oxygen atoms in total. The molecule has 2 amide bonds. The Balaban J connectivity index is 1.75. The fourth-order valence-corrected chi connectivity index (χ4v) is 2.89. The number of nitrogens with one attached hydrogen (secondary N) is 1. The summed E-state index contributed by atoms with van der Waals surface area (Å²) in [5, 5.41) is 2.99. The van der Waals surface area contributed by atoms with Gasteiger partial charge in [-0.1, -0.05) is 12.1 Å². The molecule has 0 aliphatic carbocycles. The molecule has 1 N–H and O–H groups in total. The van der Waals surface area contributed by atoms with Crippen LogP contribution in [0, 0.1) is 0 Å². The number of nitrogens with zero attached hydrogens (tertiary/aromatic N) is 3. The number of amides is 2. The van der Waals surface area contributed by atoms with Gasteiger partial charge in [-0.25, -0.2) is 0 Å². The van der Waals surface area contributed by atoms with E-state index in [4.69, 9.17) is 0 Å². The van der Waals surface area contributed by atoms with E-state index in [1.165, 1.54) is 0 Å². The summed E-state index contributed by atoms with van der Waals surface area (Å²) in [5.74, 6) is 0.110. The first kappa shape index (κ1) is 18.4. The van der Waals surface area contributed by atoms with Crippen molar-refractivity contribution in [3.63, 3.8) is 0 Å². The summed E-state index contributed by atoms with van der Waals surface area (Å²) < 4.78 is 0. The summed E-state index contributed by atoms with van der Waals surface area (Å²) in [6, 6.07) is 7.75. The van der Waals surface area contributed by atoms with Crippen molar-refractivity contribution < 1.29 is 9.59 Å². The van der Waals surface area contributed by atoms with E-state index in [-0.39, 0.29) is 11.8 Å². The Labute approximate surface area is 144 Å². The highest BCUT2D eigenvalue weighted by atomic mass is 16.2. The van der Waals surface area contributed by atoms with Crippen LogP contribution in [-0.2, 0) is 11.3 Å². The molecule has 0 aromatic heterocycles. The van der Waals surface area contributed by atoms with Crippen LogP contribution in [-0.4, -0.2) is 79.9 Å². The van der Waals surface area contributed by atoms with Crippen molar-refractivity contribution >= 4 is 11.8 Å². The van der Waals surface area contributed by atoms with E-state index in [0.29, 0.717) is 12.1 Å². The van der Waals surface area contributed by atoms with Gasteiger partial charge < -0.3 is 15.1 Å². The first-order valence-electron chi connectivity index (χ1n) is 8.45. The van der Waals surface area contributed by atoms with Gasteiger partial charge in [0.25, 0.3) is 5.91 Å². The molecule has 1 fully saturated rings. The lowest BCUT2D eigenvalue weighted by atomic mass is 10.1. The third-order valence-electron chi connectivity index (χ3n) is 4.22. The zero-order valence-electron chi connectivity index (χ0n) is 14.9. The van der Waals surface area contributed by atoms with Gasteiger partial charge in [0.15, 0.2) is 0 Å². The van der Waals surface area contributed by atoms with Crippen LogP contribution in [0.1, 0.15) is 22.8 Å². The zero-order valence-corrected chi connectivity index (χ0v) is 14.9. The van der Waals surface area contributed by atoms with Crippen LogP contribution in [0.4, 0.5) is 0 Å². The number of carbonyl (C=O) groups is 2. The molecule has 1 aromatic rings. The maximum Gasteiger partial charge on any atom is 0.251 e. The minimum Gasteiger partial charge on any atom is -0.351 e. The Bertz CT molecular complexity index is 566. The summed E-state index contributed by atoms with van der Waals surface area (Å²) in [4.78, 5) is 29.8. The van der Waals surface area contributed by atoms with Crippen LogP contribution in [0.3, 0.4) is 0 Å². The third-order valence-corrected chi connectivity index (χ3v) is 4.22. The Kier molecular flexibility index (Phi) is 6.75. The number of carbonyl (C=O) groups excluding carboxylic acids is 2. The smallest absolute Gasteiger partial charge is 0.251 e. The molecular formula is C18H28N4O2. The summed E-state index contributed by atoms with van der Waals surface area (Å²) in [6.07, 6.45) is 0. The molecule has 1 aliphatic rings. The molecule has 0 saturated carbocycles. The fourth-order valence-electron chi connectivity index (χ4n) is 2.89. The van der Waals surface area contributed by atoms with Gasteiger partial charge in [0.2, 0.25) is 5.91 Å². The van der Waals surface area contributed by atoms with Crippen molar-refractivity contribution in [3.8, 4) is 0 Å². The first-order valence-corrected chi connectivity index (χ1v) is 8.45. The molecule has 1 heterocycles. The molecule has 0 unspecified atom stereocenters. The van der Waals surface area contributed by atoms with Crippen molar-refractivity contribution in [2.24, 2.45) is 0 Å². The molecular weight excluding hydrogens is 304 g/mol. The predicted octanol–water partition coefficient (Wildman–Crippen LogP) is 0.642. The van der Waals surface area contributed by atoms with Crippen LogP contribution in [0.15, 0.2) is 24.3 Å². The molecule has 132 valence electrons. The number of rotatable bonds is 6. The molecule has 0 spiro atoms. The van der Waals surface area contributed by atoms with E-state index in [2.05, 4.69) is 15.1 Å². The van der Waals surface area contributed by atoms with Gasteiger partial charge in [0.1, 0.15) is 0 Å². The van der Waals surface area contributed by atoms with Gasteiger partial charge in [-0.15, -0.1) is 0 Å². The maximum atomic E-state index is 12.3. The molecule has 2 rings (SSSR count). The molecule has 6 heteroatoms. The zero-order chi connectivity index (χ0) is 17.5. The van der Waals surface area contributed by atoms with Crippen molar-refractivity contribution in [2.75, 3.05) is 53.4 Å². The van der Waals surface area contributed by atoms with E-state index in [9.17, 15) is 9.59 Å². The fraction of sp³-hybridized carbons (Fsp3) is 0.556. The number of piperazine rings is 1. The van der Waals surface area contributed by atoms with E-state index < -0.39 is 0 Å². The van der Waals surface area contributed by atoms with E-state index in [1.807, 2.05) is 43.3 Å². The predicted molar refractivity (Wildman–Crippen MR) is 94.9 cm³/mol. The van der Waals surface area contributed by atoms with Gasteiger partial charge in [0.05, 0.1) is 0 Å². The normalized spacial score (nSPS) is 15.6. The summed E-state index contributed by atoms with van der Waals surface area (Å²) >= 11 is 0. The standard InChI is InChI=1S/C18H28N4O2/c1-15(23)22-11-9-21(10-12-22)8-7-19-18(24)17-6-4-5-16(13-17)14-20(2)3/h4-6,13H,7-12,14H2,1-3H3,(H,19,24). The molecule has 0 radical (unpaired) electrons. The van der Waals surface area contributed by atoms with Gasteiger partial charge in [-0.2, -0.15) is 0 Å². The highest BCUT2D eigenvalue weighted by molar-refractivity contribution is 5.94. The lowest BCUT2D eigenvalue weighted by Crippen LogP contribution is -2.49. The largest absolute Gasteiger partial charge is 0.351 e. The van der Waals surface area contributed by atoms with Gasteiger partial charge in [0, 0.05) is 58.3 Å². The van der Waals surface area contributed by atoms with Crippen molar-refractivity contribution in [2.45, 2.75) is 13.5 Å². The van der Waals surface area contributed by atoms with E-state index in [1.54, 1.807) is 6.92 Å². The Morgan fingerprint density at radius 2 is 1.88 bits per heavy atom. The Morgan fingerprint density at radius 1 is 1.17 bits per heavy atom. The van der Waals surface area contributed by atoms with Gasteiger partial charge in [-0.3, -0.25) is 14.5 Å². The van der Waals surface area contributed by atoms with Crippen molar-refractivity contribution in [3.05, 3.63) is 35.4 Å². The molecule has 1 aliphatic heterocycles. The van der Waals surface area contributed by atoms with Gasteiger partial charge in [-0.05, 0) is 31.8 Å². The highest BCUT2D eigenvalue weighted by Crippen LogP contribution is 2.07. The second-order valence-corrected chi connectivity index (χ2v) is 6.54. The molecule has 1 aromatic carbocycles. The summed E-state index contributed by atoms with van der Waals surface area (Å²) in [6.45, 7) is 7.15. The lowest BCUT2D eigenvalue weighted by Gasteiger charge is -2.34. The van der Waals surface area contributed by atoms with Crippen LogP contribution in [0.2, 0.25) is 0 Å². The number of hydrogen-bond acceptors (Lipinski definition) is 4. The monoisotopic (exact) mass is 332 g/mol. The molecule has 0 bridgehead atoms. The Morgan fingerprint density at radius 3 is 2.50 bits per heavy atom. The molecule has 1 saturated heterocycles. The van der Waals surface area contributed by atoms with Crippen molar-refractivity contribution in [1.29, 1.82) is 0 Å². The maximum absolute atomic E-state index is 12.3. The minimum absolute atomic E-state index is 0.0296. The average molecular weight is 332 g/mol. The van der Waals surface area contributed by atoms with Crippen LogP contribution >= 0.6 is 0 Å². The molecule has 24 heavy (non-hydrogen) atoms. The third kappa shape index (κ3) is 5.62. The highest BCUT2D eigenvalue weighted by Gasteiger charge is 2.18. The summed E-state index contributed by atoms with van der Waals surface area (Å²) in [7, 11) is 4.02.